The van der Waals surface area contributed by atoms with Crippen molar-refractivity contribution in [3.8, 4) is 11.3 Å². The molecular weight excluding hydrogens is 578 g/mol. The predicted molar refractivity (Wildman–Crippen MR) is 147 cm³/mol. The van der Waals surface area contributed by atoms with Crippen molar-refractivity contribution in [2.75, 3.05) is 23.0 Å². The second-order valence-electron chi connectivity index (χ2n) is 8.28. The number of rotatable bonds is 8. The number of hydrogen-bond acceptors (Lipinski definition) is 7. The van der Waals surface area contributed by atoms with Crippen LogP contribution >= 0.6 is 34.7 Å². The van der Waals surface area contributed by atoms with Crippen LogP contribution in [0.15, 0.2) is 64.7 Å². The van der Waals surface area contributed by atoms with Gasteiger partial charge in [-0.3, -0.25) is 9.11 Å². The molecule has 0 radical (unpaired) electrons. The summed E-state index contributed by atoms with van der Waals surface area (Å²) in [5.41, 5.74) is 3.33. The summed E-state index contributed by atoms with van der Waals surface area (Å²) in [5, 5.41) is 1.89. The highest BCUT2D eigenvalue weighted by molar-refractivity contribution is 8.04. The van der Waals surface area contributed by atoms with Crippen LogP contribution in [0.5, 0.6) is 0 Å². The molecule has 0 spiro atoms. The summed E-state index contributed by atoms with van der Waals surface area (Å²) in [6.45, 7) is 0.0124. The van der Waals surface area contributed by atoms with E-state index in [2.05, 4.69) is 4.98 Å². The van der Waals surface area contributed by atoms with Crippen molar-refractivity contribution in [2.45, 2.75) is 11.4 Å². The van der Waals surface area contributed by atoms with E-state index in [1.807, 2.05) is 53.2 Å². The fourth-order valence-corrected chi connectivity index (χ4v) is 7.33. The molecule has 2 aromatic heterocycles. The molecule has 4 aromatic rings. The number of thioether (sulfide) groups is 1. The van der Waals surface area contributed by atoms with Gasteiger partial charge in [-0.1, -0.05) is 40.8 Å². The number of benzene rings is 2. The Kier molecular flexibility index (Phi) is 7.13. The molecule has 3 heterocycles. The Balaban J connectivity index is 1.62. The molecule has 0 fully saturated rings. The average Bonchev–Trinajstić information content (AvgIpc) is 3.52. The molecule has 0 amide bonds. The summed E-state index contributed by atoms with van der Waals surface area (Å²) in [6.07, 6.45) is 3.67. The lowest BCUT2D eigenvalue weighted by Crippen LogP contribution is -2.38. The summed E-state index contributed by atoms with van der Waals surface area (Å²) in [4.78, 5) is 5.79. The number of anilines is 1. The van der Waals surface area contributed by atoms with E-state index in [9.17, 15) is 25.9 Å². The first-order valence-electron chi connectivity index (χ1n) is 10.9. The van der Waals surface area contributed by atoms with E-state index in [4.69, 9.17) is 11.6 Å². The summed E-state index contributed by atoms with van der Waals surface area (Å²) >= 11 is 9.05. The van der Waals surface area contributed by atoms with Gasteiger partial charge in [-0.05, 0) is 36.4 Å². The lowest BCUT2D eigenvalue weighted by molar-refractivity contribution is -0.664. The monoisotopic (exact) mass is 598 g/mol. The maximum atomic E-state index is 11.6. The minimum absolute atomic E-state index is 0.00209. The molecule has 194 valence electrons. The van der Waals surface area contributed by atoms with Gasteiger partial charge in [0.15, 0.2) is 6.54 Å². The van der Waals surface area contributed by atoms with E-state index in [1.54, 1.807) is 17.0 Å². The van der Waals surface area contributed by atoms with E-state index in [0.717, 1.165) is 26.4 Å². The number of nitrogens with one attached hydrogen (secondary N) is 1. The Bertz CT molecular complexity index is 1730. The van der Waals surface area contributed by atoms with E-state index in [1.165, 1.54) is 23.1 Å². The Morgan fingerprint density at radius 2 is 1.81 bits per heavy atom. The number of halogens is 1. The Hall–Kier alpha value is -2.39. The van der Waals surface area contributed by atoms with Gasteiger partial charge in [-0.2, -0.15) is 21.4 Å². The molecule has 5 rings (SSSR count). The van der Waals surface area contributed by atoms with Crippen molar-refractivity contribution in [3.63, 3.8) is 0 Å². The lowest BCUT2D eigenvalue weighted by atomic mass is 10.1. The van der Waals surface area contributed by atoms with Gasteiger partial charge in [0.25, 0.3) is 25.2 Å². The fraction of sp³-hybridized carbons (Fsp3) is 0.174. The molecule has 37 heavy (non-hydrogen) atoms. The molecule has 1 aliphatic rings. The smallest absolute Gasteiger partial charge is 0.271 e. The van der Waals surface area contributed by atoms with Crippen LogP contribution in [0.4, 0.5) is 5.69 Å². The lowest BCUT2D eigenvalue weighted by Gasteiger charge is -2.19. The van der Waals surface area contributed by atoms with Crippen LogP contribution in [0, 0.1) is 0 Å². The van der Waals surface area contributed by atoms with E-state index in [0.29, 0.717) is 20.7 Å². The molecule has 0 bridgehead atoms. The zero-order valence-corrected chi connectivity index (χ0v) is 23.1. The minimum atomic E-state index is -4.22. The standard InChI is InChI=1S/C23H20ClN3O6S4/c24-16-4-6-21-19(13-16)27(9-11-37(31,32)33)23(35-21)14-22-26(8-10-36(28,29)30)18-12-15(3-5-20(18)34-22)17-2-1-7-25-17/h1-7,12-14,25H,8-11H2,(H-,28,29,30,31,32,33)/p+1. The minimum Gasteiger partial charge on any atom is -0.361 e. The van der Waals surface area contributed by atoms with Gasteiger partial charge in [0, 0.05) is 40.0 Å². The second-order valence-corrected chi connectivity index (χ2v) is 14.0. The van der Waals surface area contributed by atoms with Crippen LogP contribution in [0.1, 0.15) is 5.01 Å². The van der Waals surface area contributed by atoms with Crippen molar-refractivity contribution in [2.24, 2.45) is 0 Å². The van der Waals surface area contributed by atoms with Crippen LogP contribution in [-0.4, -0.2) is 49.0 Å². The molecule has 0 saturated heterocycles. The normalized spacial score (nSPS) is 15.1. The van der Waals surface area contributed by atoms with Crippen LogP contribution in [0.3, 0.4) is 0 Å². The molecule has 0 unspecified atom stereocenters. The second kappa shape index (κ2) is 10.1. The van der Waals surface area contributed by atoms with E-state index < -0.39 is 31.7 Å². The number of aromatic amines is 1. The number of thiazole rings is 1. The topological polar surface area (TPSA) is 132 Å². The molecule has 0 atom stereocenters. The Labute approximate surface area is 226 Å². The van der Waals surface area contributed by atoms with Gasteiger partial charge in [0.2, 0.25) is 5.52 Å². The Morgan fingerprint density at radius 3 is 2.51 bits per heavy atom. The maximum absolute atomic E-state index is 11.6. The Morgan fingerprint density at radius 1 is 1.03 bits per heavy atom. The highest BCUT2D eigenvalue weighted by atomic mass is 35.5. The molecular formula is C23H21ClN3O6S4+. The van der Waals surface area contributed by atoms with Crippen LogP contribution in [0.25, 0.3) is 27.6 Å². The van der Waals surface area contributed by atoms with Crippen LogP contribution in [-0.2, 0) is 26.8 Å². The van der Waals surface area contributed by atoms with E-state index >= 15 is 0 Å². The first kappa shape index (κ1) is 26.2. The fourth-order valence-electron chi connectivity index (χ4n) is 4.05. The van der Waals surface area contributed by atoms with Gasteiger partial charge in [-0.15, -0.1) is 0 Å². The van der Waals surface area contributed by atoms with Gasteiger partial charge in [0.1, 0.15) is 10.5 Å². The van der Waals surface area contributed by atoms with Gasteiger partial charge in [-0.25, -0.2) is 0 Å². The van der Waals surface area contributed by atoms with Crippen LogP contribution in [0.2, 0.25) is 5.02 Å². The first-order valence-corrected chi connectivity index (χ1v) is 16.2. The highest BCUT2D eigenvalue weighted by Crippen LogP contribution is 2.47. The van der Waals surface area contributed by atoms with E-state index in [-0.39, 0.29) is 13.1 Å². The highest BCUT2D eigenvalue weighted by Gasteiger charge is 2.29. The van der Waals surface area contributed by atoms with Crippen molar-refractivity contribution < 1.29 is 30.5 Å². The molecule has 2 aromatic carbocycles. The number of H-pyrrole nitrogens is 1. The molecule has 3 N–H and O–H groups in total. The summed E-state index contributed by atoms with van der Waals surface area (Å²) in [7, 11) is -8.43. The van der Waals surface area contributed by atoms with Crippen molar-refractivity contribution in [3.05, 3.63) is 69.8 Å². The number of aryl methyl sites for hydroxylation is 1. The van der Waals surface area contributed by atoms with Crippen molar-refractivity contribution in [1.29, 1.82) is 0 Å². The predicted octanol–water partition coefficient (Wildman–Crippen LogP) is 4.52. The van der Waals surface area contributed by atoms with Gasteiger partial charge >= 0.3 is 0 Å². The van der Waals surface area contributed by atoms with Gasteiger partial charge < -0.3 is 9.88 Å². The third kappa shape index (κ3) is 6.03. The third-order valence-corrected chi connectivity index (χ3v) is 9.58. The number of hydrogen-bond donors (Lipinski definition) is 3. The first-order chi connectivity index (χ1) is 17.5. The number of nitrogens with zero attached hydrogens (tertiary/aromatic N) is 2. The molecule has 9 nitrogen and oxygen atoms in total. The largest absolute Gasteiger partial charge is 0.361 e. The summed E-state index contributed by atoms with van der Waals surface area (Å²) in [5.74, 6) is -0.951. The van der Waals surface area contributed by atoms with Crippen LogP contribution < -0.4 is 9.47 Å². The molecule has 0 saturated carbocycles. The number of fused-ring (bicyclic) bond motifs is 2. The third-order valence-electron chi connectivity index (χ3n) is 5.72. The average molecular weight is 599 g/mol. The van der Waals surface area contributed by atoms with Gasteiger partial charge in [0.05, 0.1) is 22.5 Å². The molecule has 14 heteroatoms. The maximum Gasteiger partial charge on any atom is 0.271 e. The summed E-state index contributed by atoms with van der Waals surface area (Å²) in [6, 6.07) is 15.0. The quantitative estimate of drug-likeness (QED) is 0.199. The SMILES string of the molecule is O=S(=O)(O)CCN1/C(=C\c2sc3ccc(-c4ccc[nH]4)cc3[n+]2CCS(=O)(=O)O)Sc2ccc(Cl)cc21. The van der Waals surface area contributed by atoms with Crippen molar-refractivity contribution >= 4 is 76.9 Å². The molecule has 0 aliphatic carbocycles. The van der Waals surface area contributed by atoms with Crippen molar-refractivity contribution in [1.82, 2.24) is 4.98 Å². The zero-order chi connectivity index (χ0) is 26.4. The summed E-state index contributed by atoms with van der Waals surface area (Å²) < 4.78 is 67.7. The zero-order valence-electron chi connectivity index (χ0n) is 19.0. The molecule has 1 aliphatic heterocycles. The number of aromatic nitrogens is 2.